The third-order valence-corrected chi connectivity index (χ3v) is 3.70. The fraction of sp³-hybridized carbons (Fsp3) is 0.600. The molecule has 1 aromatic rings. The van der Waals surface area contributed by atoms with E-state index >= 15 is 0 Å². The van der Waals surface area contributed by atoms with Crippen LogP contribution in [0.15, 0.2) is 24.3 Å². The smallest absolute Gasteiger partial charge is 0.119 e. The maximum Gasteiger partial charge on any atom is 0.119 e. The molecule has 0 aliphatic carbocycles. The second-order valence-corrected chi connectivity index (χ2v) is 4.80. The van der Waals surface area contributed by atoms with Crippen LogP contribution >= 0.6 is 0 Å². The van der Waals surface area contributed by atoms with Crippen LogP contribution in [0.2, 0.25) is 0 Å². The Bertz CT molecular complexity index is 381. The van der Waals surface area contributed by atoms with E-state index in [1.165, 1.54) is 5.56 Å². The summed E-state index contributed by atoms with van der Waals surface area (Å²) >= 11 is 0. The second kappa shape index (κ2) is 6.21. The fourth-order valence-electron chi connectivity index (χ4n) is 2.78. The molecule has 3 heteroatoms. The van der Waals surface area contributed by atoms with Gasteiger partial charge in [-0.25, -0.2) is 0 Å². The summed E-state index contributed by atoms with van der Waals surface area (Å²) < 4.78 is 11.2. The number of nitrogens with one attached hydrogen (secondary N) is 1. The van der Waals surface area contributed by atoms with E-state index in [2.05, 4.69) is 30.4 Å². The zero-order chi connectivity index (χ0) is 13.0. The van der Waals surface area contributed by atoms with Gasteiger partial charge in [-0.05, 0) is 45.0 Å². The first kappa shape index (κ1) is 13.4. The molecule has 0 amide bonds. The summed E-state index contributed by atoms with van der Waals surface area (Å²) in [5.74, 6) is 1.48. The normalized spacial score (nSPS) is 25.1. The van der Waals surface area contributed by atoms with Gasteiger partial charge >= 0.3 is 0 Å². The zero-order valence-electron chi connectivity index (χ0n) is 11.5. The lowest BCUT2D eigenvalue weighted by molar-refractivity contribution is 0.0962. The van der Waals surface area contributed by atoms with Gasteiger partial charge in [-0.3, -0.25) is 0 Å². The monoisotopic (exact) mass is 249 g/mol. The minimum Gasteiger partial charge on any atom is -0.494 e. The summed E-state index contributed by atoms with van der Waals surface area (Å²) in [7, 11) is 2.02. The summed E-state index contributed by atoms with van der Waals surface area (Å²) in [5, 5.41) is 3.42. The van der Waals surface area contributed by atoms with Crippen LogP contribution in [-0.2, 0) is 4.74 Å². The highest BCUT2D eigenvalue weighted by Gasteiger charge is 2.31. The summed E-state index contributed by atoms with van der Waals surface area (Å²) in [6.45, 7) is 5.75. The van der Waals surface area contributed by atoms with E-state index in [1.54, 1.807) is 0 Å². The van der Waals surface area contributed by atoms with E-state index in [1.807, 2.05) is 20.0 Å². The van der Waals surface area contributed by atoms with Crippen LogP contribution in [0.3, 0.4) is 0 Å². The van der Waals surface area contributed by atoms with E-state index < -0.39 is 0 Å². The third-order valence-electron chi connectivity index (χ3n) is 3.70. The third kappa shape index (κ3) is 2.85. The highest BCUT2D eigenvalue weighted by Crippen LogP contribution is 2.34. The summed E-state index contributed by atoms with van der Waals surface area (Å²) in [6.07, 6.45) is 1.43. The molecule has 1 N–H and O–H groups in total. The Hall–Kier alpha value is -1.06. The average molecular weight is 249 g/mol. The van der Waals surface area contributed by atoms with Crippen LogP contribution in [0.1, 0.15) is 31.9 Å². The Balaban J connectivity index is 2.18. The van der Waals surface area contributed by atoms with Gasteiger partial charge in [-0.15, -0.1) is 0 Å². The molecule has 100 valence electrons. The summed E-state index contributed by atoms with van der Waals surface area (Å²) in [6, 6.07) is 8.70. The molecule has 1 heterocycles. The lowest BCUT2D eigenvalue weighted by Crippen LogP contribution is -2.29. The minimum atomic E-state index is 0.318. The van der Waals surface area contributed by atoms with Crippen LogP contribution in [0.5, 0.6) is 5.75 Å². The lowest BCUT2D eigenvalue weighted by atomic mass is 9.88. The molecule has 1 aliphatic rings. The van der Waals surface area contributed by atoms with Crippen LogP contribution in [0.4, 0.5) is 0 Å². The SMILES string of the molecule is CCOc1cccc(C(NC)C2CCOC2C)c1. The molecule has 0 saturated carbocycles. The van der Waals surface area contributed by atoms with Gasteiger partial charge in [-0.2, -0.15) is 0 Å². The van der Waals surface area contributed by atoms with E-state index in [-0.39, 0.29) is 0 Å². The predicted molar refractivity (Wildman–Crippen MR) is 72.9 cm³/mol. The molecule has 1 aromatic carbocycles. The van der Waals surface area contributed by atoms with Crippen LogP contribution in [0, 0.1) is 5.92 Å². The van der Waals surface area contributed by atoms with Crippen molar-refractivity contribution in [3.8, 4) is 5.75 Å². The van der Waals surface area contributed by atoms with Crippen LogP contribution < -0.4 is 10.1 Å². The Kier molecular flexibility index (Phi) is 4.61. The topological polar surface area (TPSA) is 30.5 Å². The Morgan fingerprint density at radius 2 is 2.33 bits per heavy atom. The fourth-order valence-corrected chi connectivity index (χ4v) is 2.78. The first-order valence-corrected chi connectivity index (χ1v) is 6.78. The molecule has 18 heavy (non-hydrogen) atoms. The number of hydrogen-bond donors (Lipinski definition) is 1. The second-order valence-electron chi connectivity index (χ2n) is 4.80. The molecule has 0 bridgehead atoms. The van der Waals surface area contributed by atoms with Crippen molar-refractivity contribution >= 4 is 0 Å². The largest absolute Gasteiger partial charge is 0.494 e. The molecule has 1 aliphatic heterocycles. The minimum absolute atomic E-state index is 0.318. The van der Waals surface area contributed by atoms with Gasteiger partial charge in [0.05, 0.1) is 12.7 Å². The van der Waals surface area contributed by atoms with E-state index in [9.17, 15) is 0 Å². The van der Waals surface area contributed by atoms with Gasteiger partial charge < -0.3 is 14.8 Å². The maximum atomic E-state index is 5.68. The standard InChI is InChI=1S/C15H23NO2/c1-4-17-13-7-5-6-12(10-13)15(16-3)14-8-9-18-11(14)2/h5-7,10-11,14-16H,4,8-9H2,1-3H3. The highest BCUT2D eigenvalue weighted by molar-refractivity contribution is 5.31. The molecule has 3 atom stereocenters. The zero-order valence-corrected chi connectivity index (χ0v) is 11.5. The van der Waals surface area contributed by atoms with Gasteiger partial charge in [0.1, 0.15) is 5.75 Å². The number of benzene rings is 1. The molecular weight excluding hydrogens is 226 g/mol. The molecule has 0 spiro atoms. The summed E-state index contributed by atoms with van der Waals surface area (Å²) in [5.41, 5.74) is 1.28. The molecule has 0 aromatic heterocycles. The molecule has 1 fully saturated rings. The van der Waals surface area contributed by atoms with Crippen LogP contribution in [-0.4, -0.2) is 26.4 Å². The number of rotatable bonds is 5. The van der Waals surface area contributed by atoms with E-state index in [4.69, 9.17) is 9.47 Å². The Labute approximate surface area is 109 Å². The lowest BCUT2D eigenvalue weighted by Gasteiger charge is -2.26. The van der Waals surface area contributed by atoms with Crippen LogP contribution in [0.25, 0.3) is 0 Å². The van der Waals surface area contributed by atoms with Gasteiger partial charge in [-0.1, -0.05) is 12.1 Å². The molecule has 3 nitrogen and oxygen atoms in total. The van der Waals surface area contributed by atoms with Crippen molar-refractivity contribution in [2.24, 2.45) is 5.92 Å². The Morgan fingerprint density at radius 1 is 1.50 bits per heavy atom. The number of ether oxygens (including phenoxy) is 2. The van der Waals surface area contributed by atoms with Crippen molar-refractivity contribution in [3.63, 3.8) is 0 Å². The molecule has 3 unspecified atom stereocenters. The number of hydrogen-bond acceptors (Lipinski definition) is 3. The summed E-state index contributed by atoms with van der Waals surface area (Å²) in [4.78, 5) is 0. The van der Waals surface area contributed by atoms with Gasteiger partial charge in [0.2, 0.25) is 0 Å². The predicted octanol–water partition coefficient (Wildman–Crippen LogP) is 2.77. The average Bonchev–Trinajstić information content (AvgIpc) is 2.78. The van der Waals surface area contributed by atoms with Crippen molar-refractivity contribution in [1.29, 1.82) is 0 Å². The quantitative estimate of drug-likeness (QED) is 0.870. The molecule has 1 saturated heterocycles. The first-order valence-electron chi connectivity index (χ1n) is 6.78. The van der Waals surface area contributed by atoms with E-state index in [0.29, 0.717) is 24.7 Å². The van der Waals surface area contributed by atoms with Crippen molar-refractivity contribution in [2.45, 2.75) is 32.4 Å². The van der Waals surface area contributed by atoms with Crippen molar-refractivity contribution in [2.75, 3.05) is 20.3 Å². The van der Waals surface area contributed by atoms with E-state index in [0.717, 1.165) is 18.8 Å². The van der Waals surface area contributed by atoms with Gasteiger partial charge in [0.25, 0.3) is 0 Å². The van der Waals surface area contributed by atoms with Crippen molar-refractivity contribution < 1.29 is 9.47 Å². The first-order chi connectivity index (χ1) is 8.76. The molecule has 2 rings (SSSR count). The van der Waals surface area contributed by atoms with Crippen molar-refractivity contribution in [3.05, 3.63) is 29.8 Å². The van der Waals surface area contributed by atoms with Gasteiger partial charge in [0.15, 0.2) is 0 Å². The van der Waals surface area contributed by atoms with Gasteiger partial charge in [0, 0.05) is 18.6 Å². The Morgan fingerprint density at radius 3 is 2.94 bits per heavy atom. The van der Waals surface area contributed by atoms with Crippen molar-refractivity contribution in [1.82, 2.24) is 5.32 Å². The molecular formula is C15H23NO2. The maximum absolute atomic E-state index is 5.68. The molecule has 0 radical (unpaired) electrons. The highest BCUT2D eigenvalue weighted by atomic mass is 16.5.